The first kappa shape index (κ1) is 19.7. The summed E-state index contributed by atoms with van der Waals surface area (Å²) in [5, 5.41) is 1.51. The lowest BCUT2D eigenvalue weighted by Crippen LogP contribution is -2.38. The van der Waals surface area contributed by atoms with E-state index in [2.05, 4.69) is 0 Å². The van der Waals surface area contributed by atoms with E-state index in [0.717, 1.165) is 0 Å². The number of nitrogens with two attached hydrogens (primary N) is 1. The highest BCUT2D eigenvalue weighted by molar-refractivity contribution is 6.35. The molecule has 0 radical (unpaired) electrons. The van der Waals surface area contributed by atoms with E-state index in [0.29, 0.717) is 32.4 Å². The fourth-order valence-electron chi connectivity index (χ4n) is 1.78. The van der Waals surface area contributed by atoms with Crippen molar-refractivity contribution in [2.24, 2.45) is 5.73 Å². The van der Waals surface area contributed by atoms with Crippen molar-refractivity contribution < 1.29 is 23.9 Å². The molecule has 1 unspecified atom stereocenters. The number of carbonyl (C=O) groups excluding carboxylic acids is 2. The van der Waals surface area contributed by atoms with Crippen molar-refractivity contribution in [3.8, 4) is 17.2 Å². The molecule has 2 rings (SSSR count). The van der Waals surface area contributed by atoms with Crippen LogP contribution in [0, 0.1) is 0 Å². The molecule has 7 nitrogen and oxygen atoms in total. The molecule has 0 saturated heterocycles. The predicted molar refractivity (Wildman–Crippen MR) is 96.5 cm³/mol. The van der Waals surface area contributed by atoms with Gasteiger partial charge in [-0.2, -0.15) is 5.06 Å². The molecule has 0 aromatic heterocycles. The first-order valence-electron chi connectivity index (χ1n) is 7.41. The molecule has 2 N–H and O–H groups in total. The molecule has 9 heteroatoms. The van der Waals surface area contributed by atoms with Crippen LogP contribution in [0.15, 0.2) is 42.5 Å². The first-order chi connectivity index (χ1) is 12.3. The third-order valence-corrected chi connectivity index (χ3v) is 3.66. The number of benzene rings is 2. The summed E-state index contributed by atoms with van der Waals surface area (Å²) >= 11 is 11.9. The van der Waals surface area contributed by atoms with E-state index >= 15 is 0 Å². The van der Waals surface area contributed by atoms with Gasteiger partial charge in [0.1, 0.15) is 17.2 Å². The van der Waals surface area contributed by atoms with Crippen LogP contribution in [-0.4, -0.2) is 30.2 Å². The molecule has 0 heterocycles. The highest BCUT2D eigenvalue weighted by Crippen LogP contribution is 2.32. The Morgan fingerprint density at radius 3 is 2.27 bits per heavy atom. The molecule has 2 aromatic rings. The van der Waals surface area contributed by atoms with E-state index in [4.69, 9.17) is 43.2 Å². The molecule has 2 aromatic carbocycles. The number of halogens is 2. The second-order valence-electron chi connectivity index (χ2n) is 5.15. The van der Waals surface area contributed by atoms with E-state index in [-0.39, 0.29) is 0 Å². The summed E-state index contributed by atoms with van der Waals surface area (Å²) in [6, 6.07) is 10.5. The van der Waals surface area contributed by atoms with Crippen LogP contribution in [0.3, 0.4) is 0 Å². The number of urea groups is 1. The molecule has 1 atom stereocenters. The average Bonchev–Trinajstić information content (AvgIpc) is 2.58. The molecule has 0 bridgehead atoms. The molecule has 0 aliphatic heterocycles. The Kier molecular flexibility index (Phi) is 6.54. The maximum absolute atomic E-state index is 11.8. The van der Waals surface area contributed by atoms with Gasteiger partial charge >= 0.3 is 12.0 Å². The van der Waals surface area contributed by atoms with Crippen LogP contribution in [0.5, 0.6) is 17.2 Å². The summed E-state index contributed by atoms with van der Waals surface area (Å²) in [5.41, 5.74) is 4.97. The van der Waals surface area contributed by atoms with Gasteiger partial charge in [-0.05, 0) is 49.4 Å². The minimum Gasteiger partial charge on any atom is -0.479 e. The molecule has 0 fully saturated rings. The van der Waals surface area contributed by atoms with Gasteiger partial charge in [-0.3, -0.25) is 0 Å². The van der Waals surface area contributed by atoms with E-state index < -0.39 is 18.1 Å². The van der Waals surface area contributed by atoms with E-state index in [1.807, 2.05) is 0 Å². The van der Waals surface area contributed by atoms with E-state index in [9.17, 15) is 9.59 Å². The summed E-state index contributed by atoms with van der Waals surface area (Å²) in [4.78, 5) is 27.3. The van der Waals surface area contributed by atoms with Crippen LogP contribution >= 0.6 is 23.2 Å². The quantitative estimate of drug-likeness (QED) is 0.767. The Morgan fingerprint density at radius 1 is 1.08 bits per heavy atom. The van der Waals surface area contributed by atoms with Crippen molar-refractivity contribution in [3.05, 3.63) is 52.5 Å². The lowest BCUT2D eigenvalue weighted by molar-refractivity contribution is -0.179. The molecule has 0 aliphatic carbocycles. The van der Waals surface area contributed by atoms with Crippen molar-refractivity contribution in [1.82, 2.24) is 5.06 Å². The number of amides is 2. The number of hydrogen-bond donors (Lipinski definition) is 1. The van der Waals surface area contributed by atoms with Crippen molar-refractivity contribution in [2.75, 3.05) is 7.05 Å². The minimum absolute atomic E-state index is 0.382. The van der Waals surface area contributed by atoms with Crippen LogP contribution in [0.25, 0.3) is 0 Å². The topological polar surface area (TPSA) is 91.1 Å². The van der Waals surface area contributed by atoms with Gasteiger partial charge in [0.15, 0.2) is 6.10 Å². The van der Waals surface area contributed by atoms with Gasteiger partial charge in [0.05, 0.1) is 12.1 Å². The monoisotopic (exact) mass is 398 g/mol. The van der Waals surface area contributed by atoms with Gasteiger partial charge < -0.3 is 20.0 Å². The molecule has 2 amide bonds. The van der Waals surface area contributed by atoms with Crippen molar-refractivity contribution in [3.63, 3.8) is 0 Å². The van der Waals surface area contributed by atoms with Gasteiger partial charge in [0.2, 0.25) is 0 Å². The van der Waals surface area contributed by atoms with Crippen LogP contribution in [0.4, 0.5) is 4.79 Å². The van der Waals surface area contributed by atoms with Gasteiger partial charge in [-0.25, -0.2) is 9.59 Å². The number of hydroxylamine groups is 2. The first-order valence-corrected chi connectivity index (χ1v) is 8.16. The summed E-state index contributed by atoms with van der Waals surface area (Å²) < 4.78 is 11.1. The molecule has 138 valence electrons. The molecule has 0 spiro atoms. The molecular formula is C17H16Cl2N2O5. The number of ether oxygens (including phenoxy) is 2. The number of primary amides is 1. The Hall–Kier alpha value is -2.64. The third-order valence-electron chi connectivity index (χ3n) is 3.13. The highest BCUT2D eigenvalue weighted by atomic mass is 35.5. The van der Waals surface area contributed by atoms with E-state index in [1.165, 1.54) is 14.0 Å². The second-order valence-corrected chi connectivity index (χ2v) is 6.00. The van der Waals surface area contributed by atoms with Crippen molar-refractivity contribution in [2.45, 2.75) is 13.0 Å². The Labute approximate surface area is 160 Å². The van der Waals surface area contributed by atoms with Crippen molar-refractivity contribution >= 4 is 35.2 Å². The summed E-state index contributed by atoms with van der Waals surface area (Å²) in [5.74, 6) is 0.617. The van der Waals surface area contributed by atoms with Gasteiger partial charge in [-0.1, -0.05) is 23.2 Å². The molecule has 0 aliphatic rings. The smallest absolute Gasteiger partial charge is 0.372 e. The standard InChI is InChI=1S/C17H16Cl2N2O5/c1-10(16(22)26-21(2)17(20)23)24-12-4-6-13(7-5-12)25-15-8-3-11(18)9-14(15)19/h3-10H,1-2H3,(H2,20,23). The zero-order chi connectivity index (χ0) is 19.3. The number of nitrogens with zero attached hydrogens (tertiary/aromatic N) is 1. The molecule has 0 saturated carbocycles. The van der Waals surface area contributed by atoms with Crippen LogP contribution < -0.4 is 15.2 Å². The van der Waals surface area contributed by atoms with Gasteiger partial charge in [0, 0.05) is 5.02 Å². The fourth-order valence-corrected chi connectivity index (χ4v) is 2.22. The number of carbonyl (C=O) groups is 2. The van der Waals surface area contributed by atoms with Crippen LogP contribution in [-0.2, 0) is 9.63 Å². The maximum Gasteiger partial charge on any atom is 0.372 e. The van der Waals surface area contributed by atoms with Crippen LogP contribution in [0.2, 0.25) is 10.0 Å². The summed E-state index contributed by atoms with van der Waals surface area (Å²) in [6.07, 6.45) is -0.950. The Balaban J connectivity index is 1.96. The summed E-state index contributed by atoms with van der Waals surface area (Å²) in [6.45, 7) is 1.48. The lowest BCUT2D eigenvalue weighted by Gasteiger charge is -2.18. The normalized spacial score (nSPS) is 11.4. The molecular weight excluding hydrogens is 383 g/mol. The minimum atomic E-state index is -0.950. The highest BCUT2D eigenvalue weighted by Gasteiger charge is 2.20. The number of hydrogen-bond acceptors (Lipinski definition) is 5. The zero-order valence-corrected chi connectivity index (χ0v) is 15.5. The van der Waals surface area contributed by atoms with E-state index in [1.54, 1.807) is 42.5 Å². The van der Waals surface area contributed by atoms with Gasteiger partial charge in [0.25, 0.3) is 0 Å². The lowest BCUT2D eigenvalue weighted by atomic mass is 10.3. The average molecular weight is 399 g/mol. The summed E-state index contributed by atoms with van der Waals surface area (Å²) in [7, 11) is 1.22. The third kappa shape index (κ3) is 5.44. The zero-order valence-electron chi connectivity index (χ0n) is 13.9. The second kappa shape index (κ2) is 8.64. The van der Waals surface area contributed by atoms with Gasteiger partial charge in [-0.15, -0.1) is 0 Å². The Morgan fingerprint density at radius 2 is 1.69 bits per heavy atom. The molecule has 26 heavy (non-hydrogen) atoms. The largest absolute Gasteiger partial charge is 0.479 e. The Bertz CT molecular complexity index is 798. The maximum atomic E-state index is 11.8. The van der Waals surface area contributed by atoms with Crippen LogP contribution in [0.1, 0.15) is 6.92 Å². The SMILES string of the molecule is CC(Oc1ccc(Oc2ccc(Cl)cc2Cl)cc1)C(=O)ON(C)C(N)=O. The number of rotatable bonds is 5. The fraction of sp³-hybridized carbons (Fsp3) is 0.176. The predicted octanol–water partition coefficient (Wildman–Crippen LogP) is 4.02. The van der Waals surface area contributed by atoms with Crippen molar-refractivity contribution in [1.29, 1.82) is 0 Å².